The van der Waals surface area contributed by atoms with Gasteiger partial charge in [0, 0.05) is 57.1 Å². The number of carbonyl (C=O) groups excluding carboxylic acids is 3. The van der Waals surface area contributed by atoms with E-state index in [0.29, 0.717) is 26.2 Å². The maximum Gasteiger partial charge on any atom is 0.223 e. The van der Waals surface area contributed by atoms with Gasteiger partial charge >= 0.3 is 0 Å². The summed E-state index contributed by atoms with van der Waals surface area (Å²) in [6.07, 6.45) is 6.19. The van der Waals surface area contributed by atoms with Crippen molar-refractivity contribution in [1.82, 2.24) is 15.5 Å². The fourth-order valence-electron chi connectivity index (χ4n) is 3.77. The first-order valence-corrected chi connectivity index (χ1v) is 9.95. The molecule has 0 aromatic rings. The molecule has 0 aromatic carbocycles. The minimum absolute atomic E-state index is 0.0147. The Morgan fingerprint density at radius 1 is 0.923 bits per heavy atom. The van der Waals surface area contributed by atoms with Gasteiger partial charge in [0.05, 0.1) is 0 Å². The summed E-state index contributed by atoms with van der Waals surface area (Å²) in [4.78, 5) is 38.9. The van der Waals surface area contributed by atoms with Crippen LogP contribution in [0.1, 0.15) is 51.4 Å². The highest BCUT2D eigenvalue weighted by atomic mass is 16.5. The van der Waals surface area contributed by atoms with E-state index in [1.54, 1.807) is 11.9 Å². The molecule has 146 valence electrons. The van der Waals surface area contributed by atoms with E-state index in [2.05, 4.69) is 10.6 Å². The molecule has 0 bridgehead atoms. The topological polar surface area (TPSA) is 87.7 Å². The highest BCUT2D eigenvalue weighted by Crippen LogP contribution is 2.29. The van der Waals surface area contributed by atoms with E-state index in [1.807, 2.05) is 0 Å². The minimum Gasteiger partial charge on any atom is -0.381 e. The summed E-state index contributed by atoms with van der Waals surface area (Å²) in [7, 11) is 1.76. The molecule has 3 amide bonds. The molecule has 26 heavy (non-hydrogen) atoms. The molecule has 0 radical (unpaired) electrons. The Kier molecular flexibility index (Phi) is 6.51. The van der Waals surface area contributed by atoms with Crippen molar-refractivity contribution < 1.29 is 19.1 Å². The number of nitrogens with zero attached hydrogens (tertiary/aromatic N) is 1. The van der Waals surface area contributed by atoms with Gasteiger partial charge in [0.2, 0.25) is 17.7 Å². The lowest BCUT2D eigenvalue weighted by atomic mass is 9.95. The predicted octanol–water partition coefficient (Wildman–Crippen LogP) is 0.825. The van der Waals surface area contributed by atoms with E-state index >= 15 is 0 Å². The van der Waals surface area contributed by atoms with E-state index in [1.165, 1.54) is 0 Å². The second-order valence-corrected chi connectivity index (χ2v) is 7.98. The monoisotopic (exact) mass is 365 g/mol. The summed E-state index contributed by atoms with van der Waals surface area (Å²) in [6.45, 7) is 1.88. The lowest BCUT2D eigenvalue weighted by Crippen LogP contribution is -2.45. The zero-order valence-electron chi connectivity index (χ0n) is 15.7. The molecule has 7 nitrogen and oxygen atoms in total. The van der Waals surface area contributed by atoms with Gasteiger partial charge < -0.3 is 20.3 Å². The summed E-state index contributed by atoms with van der Waals surface area (Å²) in [6, 6.07) is 0.136. The van der Waals surface area contributed by atoms with Crippen LogP contribution in [-0.4, -0.2) is 61.5 Å². The van der Waals surface area contributed by atoms with E-state index in [9.17, 15) is 14.4 Å². The number of rotatable bonds is 4. The highest BCUT2D eigenvalue weighted by Gasteiger charge is 2.33. The van der Waals surface area contributed by atoms with Crippen molar-refractivity contribution in [2.75, 3.05) is 26.8 Å². The van der Waals surface area contributed by atoms with Gasteiger partial charge in [-0.25, -0.2) is 0 Å². The maximum atomic E-state index is 12.7. The lowest BCUT2D eigenvalue weighted by molar-refractivity contribution is -0.136. The van der Waals surface area contributed by atoms with Gasteiger partial charge in [-0.3, -0.25) is 14.4 Å². The Morgan fingerprint density at radius 2 is 1.58 bits per heavy atom. The van der Waals surface area contributed by atoms with Crippen LogP contribution in [0.3, 0.4) is 0 Å². The number of nitrogens with one attached hydrogen (secondary N) is 2. The molecule has 7 heteroatoms. The van der Waals surface area contributed by atoms with Crippen molar-refractivity contribution in [3.8, 4) is 0 Å². The SMILES string of the molecule is CN1CC(NC(=O)C2CC2)CCCC(C(=O)NC2CCOCC2)CC1=O. The van der Waals surface area contributed by atoms with Crippen LogP contribution in [-0.2, 0) is 19.1 Å². The van der Waals surface area contributed by atoms with Crippen molar-refractivity contribution in [3.63, 3.8) is 0 Å². The van der Waals surface area contributed by atoms with Crippen LogP contribution < -0.4 is 10.6 Å². The first kappa shape index (κ1) is 19.1. The zero-order valence-corrected chi connectivity index (χ0v) is 15.7. The standard InChI is InChI=1S/C19H31N3O4/c1-22-12-16(21-18(24)13-5-6-13)4-2-3-14(11-17(22)23)19(25)20-15-7-9-26-10-8-15/h13-16H,2-12H2,1H3,(H,20,25)(H,21,24). The van der Waals surface area contributed by atoms with Crippen molar-refractivity contribution in [1.29, 1.82) is 0 Å². The van der Waals surface area contributed by atoms with Crippen molar-refractivity contribution in [2.45, 2.75) is 63.5 Å². The quantitative estimate of drug-likeness (QED) is 0.772. The summed E-state index contributed by atoms with van der Waals surface area (Å²) in [5, 5.41) is 6.19. The number of ether oxygens (including phenoxy) is 1. The Morgan fingerprint density at radius 3 is 2.27 bits per heavy atom. The second-order valence-electron chi connectivity index (χ2n) is 7.98. The number of carbonyl (C=O) groups is 3. The smallest absolute Gasteiger partial charge is 0.223 e. The molecule has 2 saturated heterocycles. The van der Waals surface area contributed by atoms with Crippen molar-refractivity contribution >= 4 is 17.7 Å². The van der Waals surface area contributed by atoms with E-state index in [0.717, 1.165) is 38.5 Å². The zero-order chi connectivity index (χ0) is 18.5. The third-order valence-corrected chi connectivity index (χ3v) is 5.68. The van der Waals surface area contributed by atoms with Crippen LogP contribution in [0.15, 0.2) is 0 Å². The largest absolute Gasteiger partial charge is 0.381 e. The molecule has 2 heterocycles. The minimum atomic E-state index is -0.286. The molecule has 3 fully saturated rings. The van der Waals surface area contributed by atoms with Crippen LogP contribution in [0.4, 0.5) is 0 Å². The number of hydrogen-bond acceptors (Lipinski definition) is 4. The molecule has 0 aromatic heterocycles. The van der Waals surface area contributed by atoms with E-state index < -0.39 is 0 Å². The summed E-state index contributed by atoms with van der Waals surface area (Å²) >= 11 is 0. The summed E-state index contributed by atoms with van der Waals surface area (Å²) < 4.78 is 5.33. The van der Waals surface area contributed by atoms with Gasteiger partial charge in [-0.15, -0.1) is 0 Å². The number of amides is 3. The van der Waals surface area contributed by atoms with Gasteiger partial charge in [0.1, 0.15) is 0 Å². The molecule has 2 aliphatic heterocycles. The van der Waals surface area contributed by atoms with Gasteiger partial charge in [-0.1, -0.05) is 6.42 Å². The van der Waals surface area contributed by atoms with Crippen LogP contribution in [0.25, 0.3) is 0 Å². The molecule has 3 rings (SSSR count). The number of likely N-dealkylation sites (N-methyl/N-ethyl adjacent to an activating group) is 1. The Balaban J connectivity index is 1.55. The van der Waals surface area contributed by atoms with Crippen LogP contribution >= 0.6 is 0 Å². The third kappa shape index (κ3) is 5.43. The Labute approximate surface area is 155 Å². The van der Waals surface area contributed by atoms with Gasteiger partial charge in [-0.05, 0) is 38.5 Å². The van der Waals surface area contributed by atoms with Gasteiger partial charge in [-0.2, -0.15) is 0 Å². The van der Waals surface area contributed by atoms with Crippen molar-refractivity contribution in [3.05, 3.63) is 0 Å². The summed E-state index contributed by atoms with van der Waals surface area (Å²) in [5.74, 6) is -0.0416. The Hall–Kier alpha value is -1.63. The molecule has 3 aliphatic rings. The molecule has 1 saturated carbocycles. The third-order valence-electron chi connectivity index (χ3n) is 5.68. The first-order valence-electron chi connectivity index (χ1n) is 9.95. The Bertz CT molecular complexity index is 529. The highest BCUT2D eigenvalue weighted by molar-refractivity contribution is 5.86. The molecule has 2 N–H and O–H groups in total. The average molecular weight is 365 g/mol. The first-order chi connectivity index (χ1) is 12.5. The van der Waals surface area contributed by atoms with Crippen LogP contribution in [0, 0.1) is 11.8 Å². The molecular weight excluding hydrogens is 334 g/mol. The van der Waals surface area contributed by atoms with Crippen LogP contribution in [0.2, 0.25) is 0 Å². The predicted molar refractivity (Wildman–Crippen MR) is 96.2 cm³/mol. The number of hydrogen-bond donors (Lipinski definition) is 2. The normalized spacial score (nSPS) is 28.7. The lowest BCUT2D eigenvalue weighted by Gasteiger charge is -2.26. The molecule has 2 unspecified atom stereocenters. The molecule has 1 aliphatic carbocycles. The maximum absolute atomic E-state index is 12.7. The molecular formula is C19H31N3O4. The molecule has 2 atom stereocenters. The summed E-state index contributed by atoms with van der Waals surface area (Å²) in [5.41, 5.74) is 0. The van der Waals surface area contributed by atoms with Crippen molar-refractivity contribution in [2.24, 2.45) is 11.8 Å². The van der Waals surface area contributed by atoms with Gasteiger partial charge in [0.25, 0.3) is 0 Å². The fourth-order valence-corrected chi connectivity index (χ4v) is 3.77. The van der Waals surface area contributed by atoms with Gasteiger partial charge in [0.15, 0.2) is 0 Å². The van der Waals surface area contributed by atoms with E-state index in [-0.39, 0.29) is 48.1 Å². The average Bonchev–Trinajstić information content (AvgIpc) is 3.45. The second kappa shape index (κ2) is 8.84. The van der Waals surface area contributed by atoms with Crippen LogP contribution in [0.5, 0.6) is 0 Å². The molecule has 0 spiro atoms. The van der Waals surface area contributed by atoms with E-state index in [4.69, 9.17) is 4.74 Å². The fraction of sp³-hybridized carbons (Fsp3) is 0.842.